The summed E-state index contributed by atoms with van der Waals surface area (Å²) in [6.07, 6.45) is 5.53. The van der Waals surface area contributed by atoms with E-state index in [-0.39, 0.29) is 18.3 Å². The van der Waals surface area contributed by atoms with Gasteiger partial charge in [-0.25, -0.2) is 4.39 Å². The molecule has 0 amide bonds. The Kier molecular flexibility index (Phi) is 5.91. The van der Waals surface area contributed by atoms with Crippen molar-refractivity contribution < 1.29 is 9.50 Å². The van der Waals surface area contributed by atoms with Crippen LogP contribution in [0.3, 0.4) is 0 Å². The van der Waals surface area contributed by atoms with Gasteiger partial charge in [0, 0.05) is 35.8 Å². The number of hydrogen-bond donors (Lipinski definition) is 2. The van der Waals surface area contributed by atoms with Gasteiger partial charge in [0.1, 0.15) is 5.82 Å². The highest BCUT2D eigenvalue weighted by molar-refractivity contribution is 6.31. The number of piperidine rings is 1. The van der Waals surface area contributed by atoms with Crippen LogP contribution in [-0.2, 0) is 6.42 Å². The van der Waals surface area contributed by atoms with E-state index >= 15 is 0 Å². The summed E-state index contributed by atoms with van der Waals surface area (Å²) in [7, 11) is 0. The Bertz CT molecular complexity index is 495. The largest absolute Gasteiger partial charge is 0.396 e. The highest BCUT2D eigenvalue weighted by Gasteiger charge is 2.31. The lowest BCUT2D eigenvalue weighted by molar-refractivity contribution is 0.175. The van der Waals surface area contributed by atoms with E-state index in [1.165, 1.54) is 32.0 Å². The normalized spacial score (nSPS) is 21.5. The molecule has 128 valence electrons. The summed E-state index contributed by atoms with van der Waals surface area (Å²) in [5, 5.41) is 13.6. The quantitative estimate of drug-likeness (QED) is 0.801. The van der Waals surface area contributed by atoms with Crippen molar-refractivity contribution in [1.82, 2.24) is 10.2 Å². The fourth-order valence-corrected chi connectivity index (χ4v) is 3.70. The lowest BCUT2D eigenvalue weighted by atomic mass is 9.98. The van der Waals surface area contributed by atoms with Crippen LogP contribution in [-0.4, -0.2) is 48.3 Å². The highest BCUT2D eigenvalue weighted by Crippen LogP contribution is 2.29. The lowest BCUT2D eigenvalue weighted by Crippen LogP contribution is -2.45. The first-order valence-electron chi connectivity index (χ1n) is 8.68. The first kappa shape index (κ1) is 17.2. The van der Waals surface area contributed by atoms with Crippen LogP contribution >= 0.6 is 11.6 Å². The van der Waals surface area contributed by atoms with Crippen molar-refractivity contribution in [2.24, 2.45) is 5.92 Å². The van der Waals surface area contributed by atoms with E-state index < -0.39 is 0 Å². The SMILES string of the molecule is OCC(CNC1CCN(C2CC2)CC1)Cc1c(F)cccc1Cl. The van der Waals surface area contributed by atoms with Crippen molar-refractivity contribution in [3.8, 4) is 0 Å². The van der Waals surface area contributed by atoms with E-state index in [1.54, 1.807) is 12.1 Å². The van der Waals surface area contributed by atoms with Gasteiger partial charge in [0.25, 0.3) is 0 Å². The number of hydrogen-bond acceptors (Lipinski definition) is 3. The molecule has 23 heavy (non-hydrogen) atoms. The van der Waals surface area contributed by atoms with E-state index in [0.717, 1.165) is 18.9 Å². The van der Waals surface area contributed by atoms with Crippen molar-refractivity contribution in [2.75, 3.05) is 26.2 Å². The summed E-state index contributed by atoms with van der Waals surface area (Å²) in [6.45, 7) is 3.09. The van der Waals surface area contributed by atoms with Crippen LogP contribution in [0.25, 0.3) is 0 Å². The standard InChI is InChI=1S/C18H26ClFN2O/c19-17-2-1-3-18(20)16(17)10-13(12-23)11-21-14-6-8-22(9-7-14)15-4-5-15/h1-3,13-15,21,23H,4-12H2. The molecule has 3 nitrogen and oxygen atoms in total. The molecule has 2 aliphatic rings. The van der Waals surface area contributed by atoms with Crippen LogP contribution < -0.4 is 5.32 Å². The van der Waals surface area contributed by atoms with Crippen molar-refractivity contribution >= 4 is 11.6 Å². The van der Waals surface area contributed by atoms with Crippen molar-refractivity contribution in [2.45, 2.75) is 44.2 Å². The van der Waals surface area contributed by atoms with E-state index in [0.29, 0.717) is 29.6 Å². The van der Waals surface area contributed by atoms with Crippen LogP contribution in [0.5, 0.6) is 0 Å². The molecule has 1 saturated heterocycles. The van der Waals surface area contributed by atoms with Crippen molar-refractivity contribution in [3.05, 3.63) is 34.6 Å². The predicted octanol–water partition coefficient (Wildman–Crippen LogP) is 2.85. The number of benzene rings is 1. The number of nitrogens with zero attached hydrogens (tertiary/aromatic N) is 1. The third-order valence-electron chi connectivity index (χ3n) is 5.10. The minimum absolute atomic E-state index is 0.00846. The summed E-state index contributed by atoms with van der Waals surface area (Å²) < 4.78 is 13.9. The maximum absolute atomic E-state index is 13.9. The maximum Gasteiger partial charge on any atom is 0.127 e. The fraction of sp³-hybridized carbons (Fsp3) is 0.667. The lowest BCUT2D eigenvalue weighted by Gasteiger charge is -2.33. The molecular weight excluding hydrogens is 315 g/mol. The Morgan fingerprint density at radius 3 is 2.61 bits per heavy atom. The monoisotopic (exact) mass is 340 g/mol. The van der Waals surface area contributed by atoms with Gasteiger partial charge < -0.3 is 15.3 Å². The molecule has 0 spiro atoms. The number of aliphatic hydroxyl groups is 1. The number of nitrogens with one attached hydrogen (secondary N) is 1. The topological polar surface area (TPSA) is 35.5 Å². The van der Waals surface area contributed by atoms with Gasteiger partial charge in [0.05, 0.1) is 0 Å². The molecule has 1 aromatic rings. The molecule has 5 heteroatoms. The molecule has 1 aliphatic heterocycles. The predicted molar refractivity (Wildman–Crippen MR) is 91.3 cm³/mol. The van der Waals surface area contributed by atoms with Gasteiger partial charge in [-0.3, -0.25) is 0 Å². The molecule has 1 heterocycles. The summed E-state index contributed by atoms with van der Waals surface area (Å²) in [5.41, 5.74) is 0.513. The second-order valence-electron chi connectivity index (χ2n) is 6.90. The van der Waals surface area contributed by atoms with E-state index in [9.17, 15) is 9.50 Å². The minimum atomic E-state index is -0.284. The fourth-order valence-electron chi connectivity index (χ4n) is 3.46. The molecule has 0 aromatic heterocycles. The smallest absolute Gasteiger partial charge is 0.127 e. The van der Waals surface area contributed by atoms with Crippen molar-refractivity contribution in [3.63, 3.8) is 0 Å². The van der Waals surface area contributed by atoms with E-state index in [1.807, 2.05) is 0 Å². The second kappa shape index (κ2) is 7.93. The third kappa shape index (κ3) is 4.66. The molecule has 1 atom stereocenters. The Morgan fingerprint density at radius 1 is 1.26 bits per heavy atom. The molecule has 1 aliphatic carbocycles. The molecule has 3 rings (SSSR count). The minimum Gasteiger partial charge on any atom is -0.396 e. The summed E-state index contributed by atoms with van der Waals surface area (Å²) in [5.74, 6) is -0.292. The van der Waals surface area contributed by atoms with Gasteiger partial charge in [-0.15, -0.1) is 0 Å². The van der Waals surface area contributed by atoms with Gasteiger partial charge in [0.15, 0.2) is 0 Å². The maximum atomic E-state index is 13.9. The number of halogens is 2. The Hall–Kier alpha value is -0.680. The second-order valence-corrected chi connectivity index (χ2v) is 7.31. The van der Waals surface area contributed by atoms with Crippen LogP contribution in [0.2, 0.25) is 5.02 Å². The zero-order valence-corrected chi connectivity index (χ0v) is 14.2. The summed E-state index contributed by atoms with van der Waals surface area (Å²) >= 11 is 6.08. The van der Waals surface area contributed by atoms with Gasteiger partial charge >= 0.3 is 0 Å². The average molecular weight is 341 g/mol. The first-order chi connectivity index (χ1) is 11.2. The Balaban J connectivity index is 1.46. The number of aliphatic hydroxyl groups excluding tert-OH is 1. The molecule has 2 fully saturated rings. The molecular formula is C18H26ClFN2O. The van der Waals surface area contributed by atoms with Crippen molar-refractivity contribution in [1.29, 1.82) is 0 Å². The first-order valence-corrected chi connectivity index (χ1v) is 9.06. The third-order valence-corrected chi connectivity index (χ3v) is 5.45. The van der Waals surface area contributed by atoms with Crippen LogP contribution in [0.4, 0.5) is 4.39 Å². The van der Waals surface area contributed by atoms with Gasteiger partial charge in [-0.05, 0) is 63.2 Å². The van der Waals surface area contributed by atoms with Crippen LogP contribution in [0.15, 0.2) is 18.2 Å². The average Bonchev–Trinajstić information content (AvgIpc) is 3.39. The summed E-state index contributed by atoms with van der Waals surface area (Å²) in [6, 6.07) is 6.10. The van der Waals surface area contributed by atoms with Gasteiger partial charge in [0.2, 0.25) is 0 Å². The molecule has 1 saturated carbocycles. The van der Waals surface area contributed by atoms with E-state index in [4.69, 9.17) is 11.6 Å². The Labute approximate surface area is 142 Å². The molecule has 1 unspecified atom stereocenters. The Morgan fingerprint density at radius 2 is 2.00 bits per heavy atom. The van der Waals surface area contributed by atoms with Crippen LogP contribution in [0.1, 0.15) is 31.2 Å². The van der Waals surface area contributed by atoms with Gasteiger partial charge in [-0.1, -0.05) is 17.7 Å². The van der Waals surface area contributed by atoms with Crippen LogP contribution in [0, 0.1) is 11.7 Å². The molecule has 2 N–H and O–H groups in total. The molecule has 1 aromatic carbocycles. The highest BCUT2D eigenvalue weighted by atomic mass is 35.5. The zero-order chi connectivity index (χ0) is 16.2. The zero-order valence-electron chi connectivity index (χ0n) is 13.5. The molecule has 0 radical (unpaired) electrons. The number of rotatable bonds is 7. The van der Waals surface area contributed by atoms with Gasteiger partial charge in [-0.2, -0.15) is 0 Å². The summed E-state index contributed by atoms with van der Waals surface area (Å²) in [4.78, 5) is 2.60. The molecule has 0 bridgehead atoms. The number of likely N-dealkylation sites (tertiary alicyclic amines) is 1. The van der Waals surface area contributed by atoms with E-state index in [2.05, 4.69) is 10.2 Å².